The van der Waals surface area contributed by atoms with Gasteiger partial charge in [0, 0.05) is 11.6 Å². The fraction of sp³-hybridized carbons (Fsp3) is 0.136. The molecule has 2 heterocycles. The van der Waals surface area contributed by atoms with E-state index in [2.05, 4.69) is 0 Å². The van der Waals surface area contributed by atoms with Crippen LogP contribution in [0.25, 0.3) is 0 Å². The van der Waals surface area contributed by atoms with Crippen LogP contribution in [0.2, 0.25) is 5.02 Å². The van der Waals surface area contributed by atoms with E-state index in [1.54, 1.807) is 0 Å². The van der Waals surface area contributed by atoms with Crippen molar-refractivity contribution in [3.63, 3.8) is 0 Å². The molecule has 2 amide bonds. The zero-order valence-electron chi connectivity index (χ0n) is 17.1. The van der Waals surface area contributed by atoms with Gasteiger partial charge in [-0.05, 0) is 35.2 Å². The maximum Gasteiger partial charge on any atom is 0.416 e. The van der Waals surface area contributed by atoms with Crippen molar-refractivity contribution in [3.8, 4) is 5.75 Å². The van der Waals surface area contributed by atoms with Gasteiger partial charge in [0.2, 0.25) is 5.91 Å². The molecular formula is C22H11ClF5NO5S. The van der Waals surface area contributed by atoms with Crippen molar-refractivity contribution in [2.24, 2.45) is 0 Å². The molecule has 1 aromatic heterocycles. The minimum Gasteiger partial charge on any atom is -0.489 e. The zero-order valence-corrected chi connectivity index (χ0v) is 18.7. The van der Waals surface area contributed by atoms with Gasteiger partial charge in [0.15, 0.2) is 0 Å². The van der Waals surface area contributed by atoms with Gasteiger partial charge in [-0.1, -0.05) is 11.6 Å². The minimum atomic E-state index is -4.91. The van der Waals surface area contributed by atoms with E-state index in [1.807, 2.05) is 0 Å². The van der Waals surface area contributed by atoms with Crippen LogP contribution in [-0.2, 0) is 24.0 Å². The third-order valence-corrected chi connectivity index (χ3v) is 6.42. The lowest BCUT2D eigenvalue weighted by atomic mass is 10.0. The number of alkyl halides is 3. The van der Waals surface area contributed by atoms with E-state index in [0.29, 0.717) is 11.0 Å². The average Bonchev–Trinajstić information content (AvgIpc) is 3.20. The number of rotatable bonds is 5. The summed E-state index contributed by atoms with van der Waals surface area (Å²) < 4.78 is 74.0. The molecule has 0 atom stereocenters. The first kappa shape index (κ1) is 24.6. The second-order valence-electron chi connectivity index (χ2n) is 7.27. The Hall–Kier alpha value is -3.51. The molecule has 0 radical (unpaired) electrons. The molecule has 35 heavy (non-hydrogen) atoms. The van der Waals surface area contributed by atoms with Crippen LogP contribution in [0.15, 0.2) is 35.7 Å². The van der Waals surface area contributed by atoms with Gasteiger partial charge in [-0.3, -0.25) is 9.59 Å². The molecule has 182 valence electrons. The Morgan fingerprint density at radius 2 is 1.89 bits per heavy atom. The third-order valence-electron chi connectivity index (χ3n) is 5.11. The highest BCUT2D eigenvalue weighted by atomic mass is 35.5. The fourth-order valence-corrected chi connectivity index (χ4v) is 4.61. The minimum absolute atomic E-state index is 0.183. The van der Waals surface area contributed by atoms with Crippen molar-refractivity contribution in [2.75, 3.05) is 4.90 Å². The molecule has 1 aliphatic rings. The second kappa shape index (κ2) is 8.93. The Morgan fingerprint density at radius 1 is 1.17 bits per heavy atom. The molecule has 2 aromatic carbocycles. The second-order valence-corrected chi connectivity index (χ2v) is 8.56. The monoisotopic (exact) mass is 531 g/mol. The number of imide groups is 1. The van der Waals surface area contributed by atoms with Gasteiger partial charge >= 0.3 is 12.1 Å². The van der Waals surface area contributed by atoms with E-state index in [9.17, 15) is 41.4 Å². The molecule has 0 fully saturated rings. The van der Waals surface area contributed by atoms with Gasteiger partial charge in [-0.2, -0.15) is 13.2 Å². The van der Waals surface area contributed by atoms with E-state index in [-0.39, 0.29) is 28.2 Å². The van der Waals surface area contributed by atoms with Crippen LogP contribution < -0.4 is 9.64 Å². The maximum absolute atomic E-state index is 14.6. The number of benzene rings is 2. The predicted molar refractivity (Wildman–Crippen MR) is 114 cm³/mol. The number of amides is 2. The van der Waals surface area contributed by atoms with E-state index < -0.39 is 64.0 Å². The number of carboxylic acids is 1. The highest BCUT2D eigenvalue weighted by Crippen LogP contribution is 2.37. The molecule has 0 saturated heterocycles. The largest absolute Gasteiger partial charge is 0.489 e. The number of thiophene rings is 1. The summed E-state index contributed by atoms with van der Waals surface area (Å²) in [5.41, 5.74) is -2.90. The van der Waals surface area contributed by atoms with Crippen LogP contribution in [0.4, 0.5) is 27.6 Å². The van der Waals surface area contributed by atoms with Crippen molar-refractivity contribution in [1.29, 1.82) is 0 Å². The maximum atomic E-state index is 14.6. The van der Waals surface area contributed by atoms with E-state index in [4.69, 9.17) is 16.3 Å². The number of halogens is 6. The summed E-state index contributed by atoms with van der Waals surface area (Å²) in [5, 5.41) is 10.1. The molecule has 0 saturated carbocycles. The highest BCUT2D eigenvalue weighted by Gasteiger charge is 2.38. The number of anilines is 1. The molecule has 3 aromatic rings. The Kier molecular flexibility index (Phi) is 6.28. The molecule has 0 aliphatic carbocycles. The number of carbonyl (C=O) groups is 3. The molecule has 0 bridgehead atoms. The number of carbonyl (C=O) groups excluding carboxylic acids is 2. The molecule has 0 unspecified atom stereocenters. The van der Waals surface area contributed by atoms with E-state index in [0.717, 1.165) is 35.6 Å². The number of ether oxygens (including phenoxy) is 1. The SMILES string of the molecule is O=C(O)c1scc2c1C(=O)N(c1cc(OCc3c(C(F)(F)F)ccc(Cl)c3F)ccc1F)C(=O)C2. The van der Waals surface area contributed by atoms with Crippen molar-refractivity contribution in [1.82, 2.24) is 0 Å². The van der Waals surface area contributed by atoms with Gasteiger partial charge in [-0.15, -0.1) is 11.3 Å². The molecular weight excluding hydrogens is 521 g/mol. The lowest BCUT2D eigenvalue weighted by Gasteiger charge is -2.26. The number of carboxylic acid groups (broad SMARTS) is 1. The summed E-state index contributed by atoms with van der Waals surface area (Å²) in [6, 6.07) is 4.01. The molecule has 4 rings (SSSR count). The van der Waals surface area contributed by atoms with Crippen molar-refractivity contribution < 1.29 is 46.2 Å². The highest BCUT2D eigenvalue weighted by molar-refractivity contribution is 7.12. The van der Waals surface area contributed by atoms with Crippen LogP contribution in [-0.4, -0.2) is 22.9 Å². The van der Waals surface area contributed by atoms with Crippen LogP contribution in [0, 0.1) is 11.6 Å². The van der Waals surface area contributed by atoms with E-state index >= 15 is 0 Å². The average molecular weight is 532 g/mol. The van der Waals surface area contributed by atoms with Crippen LogP contribution >= 0.6 is 22.9 Å². The van der Waals surface area contributed by atoms with Gasteiger partial charge in [0.1, 0.15) is 28.9 Å². The normalized spacial score (nSPS) is 13.7. The first-order valence-corrected chi connectivity index (χ1v) is 10.8. The van der Waals surface area contributed by atoms with Gasteiger partial charge in [0.05, 0.1) is 28.3 Å². The summed E-state index contributed by atoms with van der Waals surface area (Å²) in [7, 11) is 0. The smallest absolute Gasteiger partial charge is 0.416 e. The fourth-order valence-electron chi connectivity index (χ4n) is 3.53. The number of aromatic carboxylic acids is 1. The predicted octanol–water partition coefficient (Wildman–Crippen LogP) is 5.71. The van der Waals surface area contributed by atoms with Gasteiger partial charge in [0.25, 0.3) is 5.91 Å². The first-order chi connectivity index (χ1) is 16.4. The lowest BCUT2D eigenvalue weighted by molar-refractivity contribution is -0.138. The topological polar surface area (TPSA) is 83.9 Å². The van der Waals surface area contributed by atoms with Crippen molar-refractivity contribution in [2.45, 2.75) is 19.2 Å². The van der Waals surface area contributed by atoms with E-state index in [1.165, 1.54) is 5.38 Å². The lowest BCUT2D eigenvalue weighted by Crippen LogP contribution is -2.43. The Balaban J connectivity index is 1.68. The summed E-state index contributed by atoms with van der Waals surface area (Å²) in [6.07, 6.45) is -5.29. The van der Waals surface area contributed by atoms with Crippen LogP contribution in [0.1, 0.15) is 36.7 Å². The molecule has 1 N–H and O–H groups in total. The Morgan fingerprint density at radius 3 is 2.54 bits per heavy atom. The molecule has 6 nitrogen and oxygen atoms in total. The van der Waals surface area contributed by atoms with Gasteiger partial charge < -0.3 is 9.84 Å². The van der Waals surface area contributed by atoms with Crippen molar-refractivity contribution >= 4 is 46.4 Å². The quantitative estimate of drug-likeness (QED) is 0.337. The third kappa shape index (κ3) is 4.46. The molecule has 1 aliphatic heterocycles. The Bertz CT molecular complexity index is 1390. The number of hydrogen-bond donors (Lipinski definition) is 1. The molecule has 0 spiro atoms. The zero-order chi connectivity index (χ0) is 25.7. The Labute approximate surface area is 202 Å². The van der Waals surface area contributed by atoms with Gasteiger partial charge in [-0.25, -0.2) is 18.5 Å². The van der Waals surface area contributed by atoms with Crippen LogP contribution in [0.5, 0.6) is 5.75 Å². The summed E-state index contributed by atoms with van der Waals surface area (Å²) in [4.78, 5) is 37.1. The first-order valence-electron chi connectivity index (χ1n) is 9.57. The standard InChI is InChI=1S/C22H11ClF5NO5S/c23-13-3-2-12(22(26,27)28)11(18(13)25)7-34-10-1-4-14(24)15(6-10)29-16(30)5-9-8-35-19(21(32)33)17(9)20(29)31/h1-4,6,8H,5,7H2,(H,32,33). The van der Waals surface area contributed by atoms with Crippen molar-refractivity contribution in [3.05, 3.63) is 79.5 Å². The summed E-state index contributed by atoms with van der Waals surface area (Å²) in [5.74, 6) is -6.03. The molecule has 13 heteroatoms. The number of hydrogen-bond acceptors (Lipinski definition) is 5. The number of nitrogens with zero attached hydrogens (tertiary/aromatic N) is 1. The summed E-state index contributed by atoms with van der Waals surface area (Å²) >= 11 is 6.33. The summed E-state index contributed by atoms with van der Waals surface area (Å²) in [6.45, 7) is -0.952. The van der Waals surface area contributed by atoms with Crippen LogP contribution in [0.3, 0.4) is 0 Å². The number of fused-ring (bicyclic) bond motifs is 1.